The SMILES string of the molecule is CN(C)c1ccc(C(=O)OCC(N)=O)cc1N. The van der Waals surface area contributed by atoms with Crippen LogP contribution in [0.3, 0.4) is 0 Å². The van der Waals surface area contributed by atoms with Gasteiger partial charge in [0.2, 0.25) is 0 Å². The third-order valence-corrected chi connectivity index (χ3v) is 2.09. The van der Waals surface area contributed by atoms with Gasteiger partial charge in [-0.3, -0.25) is 4.79 Å². The summed E-state index contributed by atoms with van der Waals surface area (Å²) in [5, 5.41) is 0. The van der Waals surface area contributed by atoms with Crippen LogP contribution in [0, 0.1) is 0 Å². The van der Waals surface area contributed by atoms with Crippen LogP contribution in [-0.2, 0) is 9.53 Å². The summed E-state index contributed by atoms with van der Waals surface area (Å²) in [6, 6.07) is 4.78. The molecule has 17 heavy (non-hydrogen) atoms. The van der Waals surface area contributed by atoms with E-state index in [1.807, 2.05) is 19.0 Å². The lowest BCUT2D eigenvalue weighted by atomic mass is 10.1. The summed E-state index contributed by atoms with van der Waals surface area (Å²) in [6.45, 7) is -0.436. The fourth-order valence-corrected chi connectivity index (χ4v) is 1.31. The summed E-state index contributed by atoms with van der Waals surface area (Å²) in [5.41, 5.74) is 12.2. The number of esters is 1. The van der Waals surface area contributed by atoms with Crippen LogP contribution in [0.1, 0.15) is 10.4 Å². The van der Waals surface area contributed by atoms with Crippen molar-refractivity contribution in [3.8, 4) is 0 Å². The van der Waals surface area contributed by atoms with Gasteiger partial charge in [-0.25, -0.2) is 4.79 Å². The molecule has 1 aromatic carbocycles. The molecule has 4 N–H and O–H groups in total. The fourth-order valence-electron chi connectivity index (χ4n) is 1.31. The lowest BCUT2D eigenvalue weighted by Crippen LogP contribution is -2.21. The van der Waals surface area contributed by atoms with Crippen molar-refractivity contribution in [3.63, 3.8) is 0 Å². The zero-order valence-corrected chi connectivity index (χ0v) is 9.77. The van der Waals surface area contributed by atoms with Gasteiger partial charge in [0.1, 0.15) is 0 Å². The molecule has 1 amide bonds. The van der Waals surface area contributed by atoms with E-state index in [0.717, 1.165) is 5.69 Å². The zero-order chi connectivity index (χ0) is 13.0. The topological polar surface area (TPSA) is 98.6 Å². The Morgan fingerprint density at radius 3 is 2.47 bits per heavy atom. The van der Waals surface area contributed by atoms with Gasteiger partial charge < -0.3 is 21.1 Å². The Hall–Kier alpha value is -2.24. The first-order valence-electron chi connectivity index (χ1n) is 4.94. The molecule has 0 saturated carbocycles. The molecule has 0 atom stereocenters. The molecule has 0 aliphatic heterocycles. The maximum atomic E-state index is 11.5. The van der Waals surface area contributed by atoms with Crippen molar-refractivity contribution in [2.24, 2.45) is 5.73 Å². The van der Waals surface area contributed by atoms with E-state index in [-0.39, 0.29) is 5.56 Å². The maximum Gasteiger partial charge on any atom is 0.338 e. The van der Waals surface area contributed by atoms with Crippen molar-refractivity contribution in [1.82, 2.24) is 0 Å². The number of amides is 1. The monoisotopic (exact) mass is 237 g/mol. The molecule has 0 heterocycles. The lowest BCUT2D eigenvalue weighted by Gasteiger charge is -2.15. The molecule has 0 spiro atoms. The number of hydrogen-bond acceptors (Lipinski definition) is 5. The van der Waals surface area contributed by atoms with Crippen LogP contribution in [0.5, 0.6) is 0 Å². The van der Waals surface area contributed by atoms with Crippen molar-refractivity contribution < 1.29 is 14.3 Å². The second-order valence-electron chi connectivity index (χ2n) is 3.71. The molecule has 0 unspecified atom stereocenters. The largest absolute Gasteiger partial charge is 0.452 e. The number of ether oxygens (including phenoxy) is 1. The summed E-state index contributed by atoms with van der Waals surface area (Å²) >= 11 is 0. The van der Waals surface area contributed by atoms with Crippen LogP contribution >= 0.6 is 0 Å². The van der Waals surface area contributed by atoms with Gasteiger partial charge in [0.15, 0.2) is 6.61 Å². The zero-order valence-electron chi connectivity index (χ0n) is 9.77. The number of carbonyl (C=O) groups excluding carboxylic acids is 2. The molecule has 1 rings (SSSR count). The van der Waals surface area contributed by atoms with E-state index >= 15 is 0 Å². The molecule has 6 heteroatoms. The van der Waals surface area contributed by atoms with Crippen LogP contribution in [0.4, 0.5) is 11.4 Å². The second kappa shape index (κ2) is 5.20. The summed E-state index contributed by atoms with van der Waals surface area (Å²) < 4.78 is 4.66. The Kier molecular flexibility index (Phi) is 3.92. The minimum absolute atomic E-state index is 0.286. The van der Waals surface area contributed by atoms with Gasteiger partial charge in [0, 0.05) is 14.1 Å². The average molecular weight is 237 g/mol. The summed E-state index contributed by atoms with van der Waals surface area (Å²) in [5.74, 6) is -1.32. The number of rotatable bonds is 4. The first kappa shape index (κ1) is 12.8. The Labute approximate surface area is 99.1 Å². The predicted molar refractivity (Wildman–Crippen MR) is 64.7 cm³/mol. The lowest BCUT2D eigenvalue weighted by molar-refractivity contribution is -0.121. The molecule has 0 radical (unpaired) electrons. The molecule has 1 aromatic rings. The first-order chi connectivity index (χ1) is 7.91. The average Bonchev–Trinajstić information content (AvgIpc) is 2.25. The molecule has 0 aromatic heterocycles. The van der Waals surface area contributed by atoms with E-state index < -0.39 is 18.5 Å². The van der Waals surface area contributed by atoms with Gasteiger partial charge in [-0.15, -0.1) is 0 Å². The Balaban J connectivity index is 2.83. The normalized spacial score (nSPS) is 9.76. The van der Waals surface area contributed by atoms with E-state index in [9.17, 15) is 9.59 Å². The Bertz CT molecular complexity index is 444. The molecule has 0 saturated heterocycles. The van der Waals surface area contributed by atoms with Gasteiger partial charge in [0.05, 0.1) is 16.9 Å². The third kappa shape index (κ3) is 3.37. The second-order valence-corrected chi connectivity index (χ2v) is 3.71. The number of hydrogen-bond donors (Lipinski definition) is 2. The third-order valence-electron chi connectivity index (χ3n) is 2.09. The maximum absolute atomic E-state index is 11.5. The number of primary amides is 1. The molecule has 0 bridgehead atoms. The van der Waals surface area contributed by atoms with Gasteiger partial charge >= 0.3 is 5.97 Å². The van der Waals surface area contributed by atoms with Crippen LogP contribution in [-0.4, -0.2) is 32.6 Å². The standard InChI is InChI=1S/C11H15N3O3/c1-14(2)9-4-3-7(5-8(9)12)11(16)17-6-10(13)15/h3-5H,6,12H2,1-2H3,(H2,13,15). The minimum atomic E-state index is -0.698. The van der Waals surface area contributed by atoms with Crippen molar-refractivity contribution in [2.45, 2.75) is 0 Å². The van der Waals surface area contributed by atoms with Crippen LogP contribution in [0.15, 0.2) is 18.2 Å². The van der Waals surface area contributed by atoms with Gasteiger partial charge in [-0.05, 0) is 18.2 Å². The number of nitrogens with two attached hydrogens (primary N) is 2. The number of nitrogen functional groups attached to an aromatic ring is 1. The van der Waals surface area contributed by atoms with Gasteiger partial charge in [-0.1, -0.05) is 0 Å². The van der Waals surface area contributed by atoms with Crippen LogP contribution in [0.2, 0.25) is 0 Å². The molecule has 0 aliphatic rings. The predicted octanol–water partition coefficient (Wildman–Crippen LogP) is -0.0231. The summed E-state index contributed by atoms with van der Waals surface area (Å²) in [4.78, 5) is 23.8. The first-order valence-corrected chi connectivity index (χ1v) is 4.94. The smallest absolute Gasteiger partial charge is 0.338 e. The number of carbonyl (C=O) groups is 2. The van der Waals surface area contributed by atoms with E-state index in [1.54, 1.807) is 12.1 Å². The molecule has 0 aliphatic carbocycles. The number of anilines is 2. The van der Waals surface area contributed by atoms with E-state index in [4.69, 9.17) is 11.5 Å². The van der Waals surface area contributed by atoms with Crippen molar-refractivity contribution in [2.75, 3.05) is 31.3 Å². The van der Waals surface area contributed by atoms with Crippen molar-refractivity contribution in [1.29, 1.82) is 0 Å². The van der Waals surface area contributed by atoms with Crippen LogP contribution < -0.4 is 16.4 Å². The quantitative estimate of drug-likeness (QED) is 0.566. The summed E-state index contributed by atoms with van der Waals surface area (Å²) in [7, 11) is 3.69. The molecular formula is C11H15N3O3. The molecular weight excluding hydrogens is 222 g/mol. The number of benzene rings is 1. The minimum Gasteiger partial charge on any atom is -0.452 e. The van der Waals surface area contributed by atoms with Crippen molar-refractivity contribution in [3.05, 3.63) is 23.8 Å². The van der Waals surface area contributed by atoms with Gasteiger partial charge in [0.25, 0.3) is 5.91 Å². The highest BCUT2D eigenvalue weighted by atomic mass is 16.5. The molecule has 0 fully saturated rings. The Morgan fingerprint density at radius 1 is 1.35 bits per heavy atom. The van der Waals surface area contributed by atoms with Crippen molar-refractivity contribution >= 4 is 23.3 Å². The summed E-state index contributed by atoms with van der Waals surface area (Å²) in [6.07, 6.45) is 0. The number of nitrogens with zero attached hydrogens (tertiary/aromatic N) is 1. The highest BCUT2D eigenvalue weighted by molar-refractivity contribution is 5.93. The van der Waals surface area contributed by atoms with E-state index in [0.29, 0.717) is 5.69 Å². The Morgan fingerprint density at radius 2 is 2.00 bits per heavy atom. The molecule has 92 valence electrons. The van der Waals surface area contributed by atoms with Gasteiger partial charge in [-0.2, -0.15) is 0 Å². The van der Waals surface area contributed by atoms with Crippen LogP contribution in [0.25, 0.3) is 0 Å². The van der Waals surface area contributed by atoms with E-state index in [2.05, 4.69) is 4.74 Å². The highest BCUT2D eigenvalue weighted by Crippen LogP contribution is 2.22. The highest BCUT2D eigenvalue weighted by Gasteiger charge is 2.11. The van der Waals surface area contributed by atoms with E-state index in [1.165, 1.54) is 6.07 Å². The fraction of sp³-hybridized carbons (Fsp3) is 0.273. The molecule has 6 nitrogen and oxygen atoms in total.